The molecule has 1 saturated heterocycles. The van der Waals surface area contributed by atoms with E-state index < -0.39 is 5.60 Å². The van der Waals surface area contributed by atoms with Gasteiger partial charge in [0.05, 0.1) is 5.60 Å². The molecule has 1 fully saturated rings. The van der Waals surface area contributed by atoms with E-state index in [9.17, 15) is 5.11 Å². The Morgan fingerprint density at radius 3 is 2.76 bits per heavy atom. The van der Waals surface area contributed by atoms with E-state index in [1.807, 2.05) is 25.1 Å². The van der Waals surface area contributed by atoms with E-state index in [0.717, 1.165) is 28.7 Å². The third-order valence-corrected chi connectivity index (χ3v) is 3.91. The Morgan fingerprint density at radius 2 is 2.29 bits per heavy atom. The highest BCUT2D eigenvalue weighted by Gasteiger charge is 2.31. The van der Waals surface area contributed by atoms with Gasteiger partial charge in [0, 0.05) is 28.8 Å². The van der Waals surface area contributed by atoms with E-state index >= 15 is 0 Å². The smallest absolute Gasteiger partial charge is 0.105 e. The molecule has 1 atom stereocenters. The first-order chi connectivity index (χ1) is 7.89. The summed E-state index contributed by atoms with van der Waals surface area (Å²) < 4.78 is 0.897. The number of β-amino-alcohol motifs (C(OH)–C–C–N with tert-alkyl or cyclic N) is 1. The molecule has 0 saturated carbocycles. The second kappa shape index (κ2) is 4.55. The first-order valence-corrected chi connectivity index (χ1v) is 6.66. The molecule has 0 radical (unpaired) electrons. The highest BCUT2D eigenvalue weighted by Crippen LogP contribution is 2.29. The molecule has 1 heterocycles. The van der Waals surface area contributed by atoms with Gasteiger partial charge in [-0.15, -0.1) is 0 Å². The summed E-state index contributed by atoms with van der Waals surface area (Å²) in [5.74, 6) is 0. The van der Waals surface area contributed by atoms with Crippen molar-refractivity contribution in [2.24, 2.45) is 5.73 Å². The van der Waals surface area contributed by atoms with Crippen LogP contribution in [0.4, 0.5) is 5.69 Å². The van der Waals surface area contributed by atoms with Crippen molar-refractivity contribution in [3.63, 3.8) is 0 Å². The maximum absolute atomic E-state index is 9.94. The van der Waals surface area contributed by atoms with Gasteiger partial charge in [-0.3, -0.25) is 0 Å². The Labute approximate surface area is 115 Å². The summed E-state index contributed by atoms with van der Waals surface area (Å²) in [7, 11) is 0. The summed E-state index contributed by atoms with van der Waals surface area (Å²) in [5, 5.41) is 9.94. The van der Waals surface area contributed by atoms with Crippen LogP contribution in [0.15, 0.2) is 22.7 Å². The van der Waals surface area contributed by atoms with Crippen molar-refractivity contribution in [2.45, 2.75) is 18.9 Å². The Morgan fingerprint density at radius 1 is 1.59 bits per heavy atom. The molecular formula is C12H15BrN2OS. The number of aliphatic hydroxyl groups is 1. The van der Waals surface area contributed by atoms with Gasteiger partial charge in [-0.25, -0.2) is 0 Å². The van der Waals surface area contributed by atoms with Crippen LogP contribution in [0.2, 0.25) is 0 Å². The number of nitrogens with two attached hydrogens (primary N) is 1. The van der Waals surface area contributed by atoms with E-state index in [1.165, 1.54) is 0 Å². The zero-order valence-corrected chi connectivity index (χ0v) is 12.0. The molecule has 17 heavy (non-hydrogen) atoms. The second-order valence-corrected chi connectivity index (χ2v) is 5.99. The van der Waals surface area contributed by atoms with E-state index in [0.29, 0.717) is 11.5 Å². The molecular weight excluding hydrogens is 300 g/mol. The van der Waals surface area contributed by atoms with E-state index in [4.69, 9.17) is 18.0 Å². The Bertz CT molecular complexity index is 462. The zero-order valence-electron chi connectivity index (χ0n) is 9.61. The van der Waals surface area contributed by atoms with Gasteiger partial charge in [-0.2, -0.15) is 0 Å². The molecule has 1 aliphatic rings. The largest absolute Gasteiger partial charge is 0.389 e. The summed E-state index contributed by atoms with van der Waals surface area (Å²) in [4.78, 5) is 2.55. The number of nitrogens with zero attached hydrogens (tertiary/aromatic N) is 1. The number of rotatable bonds is 2. The summed E-state index contributed by atoms with van der Waals surface area (Å²) in [6, 6.07) is 5.89. The molecule has 0 aromatic heterocycles. The van der Waals surface area contributed by atoms with Gasteiger partial charge in [-0.1, -0.05) is 12.2 Å². The zero-order chi connectivity index (χ0) is 12.6. The molecule has 1 aromatic carbocycles. The monoisotopic (exact) mass is 314 g/mol. The number of hydrogen-bond donors (Lipinski definition) is 2. The van der Waals surface area contributed by atoms with Crippen molar-refractivity contribution in [2.75, 3.05) is 18.0 Å². The third kappa shape index (κ3) is 2.78. The number of thiocarbonyl (C=S) groups is 1. The lowest BCUT2D eigenvalue weighted by Gasteiger charge is -2.21. The van der Waals surface area contributed by atoms with Gasteiger partial charge < -0.3 is 15.7 Å². The summed E-state index contributed by atoms with van der Waals surface area (Å²) in [5.41, 5.74) is 6.94. The molecule has 0 amide bonds. The van der Waals surface area contributed by atoms with Crippen LogP contribution in [0, 0.1) is 0 Å². The van der Waals surface area contributed by atoms with Crippen molar-refractivity contribution in [1.29, 1.82) is 0 Å². The Kier molecular flexibility index (Phi) is 3.43. The SMILES string of the molecule is CC1(O)CCN(c2ccc(C(N)=S)c(Br)c2)C1. The second-order valence-electron chi connectivity index (χ2n) is 4.70. The first-order valence-electron chi connectivity index (χ1n) is 5.46. The van der Waals surface area contributed by atoms with Crippen LogP contribution in [0.1, 0.15) is 18.9 Å². The van der Waals surface area contributed by atoms with Gasteiger partial charge in [0.2, 0.25) is 0 Å². The first kappa shape index (κ1) is 12.8. The van der Waals surface area contributed by atoms with Gasteiger partial charge >= 0.3 is 0 Å². The normalized spacial score (nSPS) is 24.1. The van der Waals surface area contributed by atoms with Crippen molar-refractivity contribution in [3.8, 4) is 0 Å². The fourth-order valence-corrected chi connectivity index (χ4v) is 2.96. The van der Waals surface area contributed by atoms with Crippen molar-refractivity contribution in [3.05, 3.63) is 28.2 Å². The molecule has 1 aliphatic heterocycles. The molecule has 3 nitrogen and oxygen atoms in total. The van der Waals surface area contributed by atoms with Crippen molar-refractivity contribution >= 4 is 38.8 Å². The highest BCUT2D eigenvalue weighted by atomic mass is 79.9. The lowest BCUT2D eigenvalue weighted by Crippen LogP contribution is -2.29. The third-order valence-electron chi connectivity index (χ3n) is 3.04. The van der Waals surface area contributed by atoms with Crippen LogP contribution < -0.4 is 10.6 Å². The predicted molar refractivity (Wildman–Crippen MR) is 77.5 cm³/mol. The van der Waals surface area contributed by atoms with Gasteiger partial charge in [0.15, 0.2) is 0 Å². The van der Waals surface area contributed by atoms with E-state index in [1.54, 1.807) is 0 Å². The van der Waals surface area contributed by atoms with Crippen LogP contribution in [-0.4, -0.2) is 28.8 Å². The Hall–Kier alpha value is -0.650. The highest BCUT2D eigenvalue weighted by molar-refractivity contribution is 9.10. The fourth-order valence-electron chi connectivity index (χ4n) is 2.07. The molecule has 5 heteroatoms. The lowest BCUT2D eigenvalue weighted by atomic mass is 10.1. The average Bonchev–Trinajstić information content (AvgIpc) is 2.58. The maximum atomic E-state index is 9.94. The van der Waals surface area contributed by atoms with Crippen LogP contribution >= 0.6 is 28.1 Å². The quantitative estimate of drug-likeness (QED) is 0.820. The minimum absolute atomic E-state index is 0.386. The standard InChI is InChI=1S/C12H15BrN2OS/c1-12(16)4-5-15(7-12)8-2-3-9(11(14)17)10(13)6-8/h2-3,6,16H,4-5,7H2,1H3,(H2,14,17). The molecule has 0 spiro atoms. The van der Waals surface area contributed by atoms with Crippen molar-refractivity contribution in [1.82, 2.24) is 0 Å². The van der Waals surface area contributed by atoms with Crippen LogP contribution in [0.5, 0.6) is 0 Å². The lowest BCUT2D eigenvalue weighted by molar-refractivity contribution is 0.0839. The number of anilines is 1. The maximum Gasteiger partial charge on any atom is 0.105 e. The average molecular weight is 315 g/mol. The van der Waals surface area contributed by atoms with Crippen LogP contribution in [0.3, 0.4) is 0 Å². The molecule has 92 valence electrons. The summed E-state index contributed by atoms with van der Waals surface area (Å²) >= 11 is 8.42. The van der Waals surface area contributed by atoms with Gasteiger partial charge in [0.25, 0.3) is 0 Å². The fraction of sp³-hybridized carbons (Fsp3) is 0.417. The number of hydrogen-bond acceptors (Lipinski definition) is 3. The number of halogens is 1. The topological polar surface area (TPSA) is 49.5 Å². The molecule has 0 aliphatic carbocycles. The van der Waals surface area contributed by atoms with Gasteiger partial charge in [0.1, 0.15) is 4.99 Å². The molecule has 0 bridgehead atoms. The van der Waals surface area contributed by atoms with E-state index in [2.05, 4.69) is 20.8 Å². The Balaban J connectivity index is 2.24. The minimum atomic E-state index is -0.589. The summed E-state index contributed by atoms with van der Waals surface area (Å²) in [6.07, 6.45) is 0.793. The van der Waals surface area contributed by atoms with Gasteiger partial charge in [-0.05, 0) is 47.5 Å². The molecule has 1 unspecified atom stereocenters. The minimum Gasteiger partial charge on any atom is -0.389 e. The van der Waals surface area contributed by atoms with Crippen LogP contribution in [0.25, 0.3) is 0 Å². The predicted octanol–water partition coefficient (Wildman–Crippen LogP) is 2.04. The van der Waals surface area contributed by atoms with Crippen LogP contribution in [-0.2, 0) is 0 Å². The van der Waals surface area contributed by atoms with E-state index in [-0.39, 0.29) is 0 Å². The molecule has 1 aromatic rings. The molecule has 2 rings (SSSR count). The molecule has 3 N–H and O–H groups in total. The number of benzene rings is 1. The van der Waals surface area contributed by atoms with Crippen molar-refractivity contribution < 1.29 is 5.11 Å². The summed E-state index contributed by atoms with van der Waals surface area (Å²) in [6.45, 7) is 3.39.